The van der Waals surface area contributed by atoms with E-state index < -0.39 is 0 Å². The zero-order chi connectivity index (χ0) is 18.1. The van der Waals surface area contributed by atoms with Crippen LogP contribution >= 0.6 is 0 Å². The van der Waals surface area contributed by atoms with Crippen LogP contribution in [0.2, 0.25) is 0 Å². The SMILES string of the molecule is c1ccc(Cn2c3c(c4ccccc42)C(CN2CCCCC2)CCC3)cc1. The summed E-state index contributed by atoms with van der Waals surface area (Å²) in [5.74, 6) is 0.703. The van der Waals surface area contributed by atoms with Gasteiger partial charge in [0.05, 0.1) is 0 Å². The number of benzene rings is 2. The third kappa shape index (κ3) is 3.32. The average molecular weight is 359 g/mol. The molecule has 2 heteroatoms. The molecule has 1 aliphatic heterocycles. The summed E-state index contributed by atoms with van der Waals surface area (Å²) in [6, 6.07) is 20.1. The van der Waals surface area contributed by atoms with Gasteiger partial charge in [0.1, 0.15) is 0 Å². The molecule has 1 saturated heterocycles. The number of aromatic nitrogens is 1. The van der Waals surface area contributed by atoms with Crippen LogP contribution in [0.25, 0.3) is 10.9 Å². The summed E-state index contributed by atoms with van der Waals surface area (Å²) in [7, 11) is 0. The van der Waals surface area contributed by atoms with Gasteiger partial charge in [-0.3, -0.25) is 0 Å². The third-order valence-corrected chi connectivity index (χ3v) is 6.61. The Kier molecular flexibility index (Phi) is 4.75. The van der Waals surface area contributed by atoms with Crippen molar-refractivity contribution >= 4 is 10.9 Å². The van der Waals surface area contributed by atoms with Gasteiger partial charge in [0.25, 0.3) is 0 Å². The van der Waals surface area contributed by atoms with Crippen LogP contribution in [-0.2, 0) is 13.0 Å². The van der Waals surface area contributed by atoms with E-state index in [2.05, 4.69) is 64.1 Å². The second kappa shape index (κ2) is 7.52. The summed E-state index contributed by atoms with van der Waals surface area (Å²) >= 11 is 0. The van der Waals surface area contributed by atoms with Crippen molar-refractivity contribution in [2.75, 3.05) is 19.6 Å². The second-order valence-corrected chi connectivity index (χ2v) is 8.40. The molecular formula is C25H30N2. The summed E-state index contributed by atoms with van der Waals surface area (Å²) in [5, 5.41) is 1.50. The lowest BCUT2D eigenvalue weighted by molar-refractivity contribution is 0.209. The van der Waals surface area contributed by atoms with Gasteiger partial charge in [-0.05, 0) is 68.3 Å². The number of fused-ring (bicyclic) bond motifs is 3. The molecule has 0 spiro atoms. The molecule has 2 heterocycles. The zero-order valence-corrected chi connectivity index (χ0v) is 16.2. The van der Waals surface area contributed by atoms with Gasteiger partial charge >= 0.3 is 0 Å². The van der Waals surface area contributed by atoms with Crippen LogP contribution in [0.3, 0.4) is 0 Å². The van der Waals surface area contributed by atoms with E-state index in [1.807, 2.05) is 0 Å². The number of likely N-dealkylation sites (tertiary alicyclic amines) is 1. The third-order valence-electron chi connectivity index (χ3n) is 6.61. The van der Waals surface area contributed by atoms with Gasteiger partial charge in [0.15, 0.2) is 0 Å². The molecular weight excluding hydrogens is 328 g/mol. The molecule has 3 aromatic rings. The number of hydrogen-bond acceptors (Lipinski definition) is 1. The maximum atomic E-state index is 2.73. The van der Waals surface area contributed by atoms with Crippen molar-refractivity contribution < 1.29 is 0 Å². The Morgan fingerprint density at radius 1 is 0.815 bits per heavy atom. The minimum absolute atomic E-state index is 0.703. The normalized spacial score (nSPS) is 20.7. The quantitative estimate of drug-likeness (QED) is 0.590. The van der Waals surface area contributed by atoms with Crippen molar-refractivity contribution in [3.05, 3.63) is 71.4 Å². The fourth-order valence-electron chi connectivity index (χ4n) is 5.35. The van der Waals surface area contributed by atoms with E-state index in [9.17, 15) is 0 Å². The van der Waals surface area contributed by atoms with Gasteiger partial charge in [-0.2, -0.15) is 0 Å². The number of piperidine rings is 1. The Hall–Kier alpha value is -2.06. The molecule has 1 aromatic heterocycles. The molecule has 27 heavy (non-hydrogen) atoms. The van der Waals surface area contributed by atoms with Gasteiger partial charge in [-0.25, -0.2) is 0 Å². The van der Waals surface area contributed by atoms with Gasteiger partial charge in [-0.15, -0.1) is 0 Å². The summed E-state index contributed by atoms with van der Waals surface area (Å²) in [6.07, 6.45) is 8.10. The first-order chi connectivity index (χ1) is 13.4. The van der Waals surface area contributed by atoms with E-state index in [0.29, 0.717) is 5.92 Å². The summed E-state index contributed by atoms with van der Waals surface area (Å²) in [5.41, 5.74) is 6.10. The Bertz CT molecular complexity index is 903. The van der Waals surface area contributed by atoms with E-state index in [-0.39, 0.29) is 0 Å². The average Bonchev–Trinajstić information content (AvgIpc) is 3.05. The van der Waals surface area contributed by atoms with E-state index in [1.165, 1.54) is 74.6 Å². The van der Waals surface area contributed by atoms with E-state index in [4.69, 9.17) is 0 Å². The van der Waals surface area contributed by atoms with E-state index in [1.54, 1.807) is 11.3 Å². The van der Waals surface area contributed by atoms with Crippen LogP contribution in [0.15, 0.2) is 54.6 Å². The summed E-state index contributed by atoms with van der Waals surface area (Å²) in [4.78, 5) is 2.73. The van der Waals surface area contributed by atoms with Crippen LogP contribution in [0.1, 0.15) is 54.8 Å². The number of para-hydroxylation sites is 1. The Labute approximate surface area is 162 Å². The smallest absolute Gasteiger partial charge is 0.0488 e. The largest absolute Gasteiger partial charge is 0.340 e. The first kappa shape index (κ1) is 17.1. The van der Waals surface area contributed by atoms with Crippen LogP contribution in [-0.4, -0.2) is 29.1 Å². The molecule has 2 aliphatic rings. The van der Waals surface area contributed by atoms with Gasteiger partial charge < -0.3 is 9.47 Å². The Morgan fingerprint density at radius 2 is 1.59 bits per heavy atom. The molecule has 1 atom stereocenters. The summed E-state index contributed by atoms with van der Waals surface area (Å²) in [6.45, 7) is 4.85. The highest BCUT2D eigenvalue weighted by Crippen LogP contribution is 2.40. The van der Waals surface area contributed by atoms with Crippen LogP contribution < -0.4 is 0 Å². The molecule has 2 aromatic carbocycles. The molecule has 140 valence electrons. The van der Waals surface area contributed by atoms with Gasteiger partial charge in [0.2, 0.25) is 0 Å². The molecule has 5 rings (SSSR count). The number of rotatable bonds is 4. The molecule has 0 amide bonds. The second-order valence-electron chi connectivity index (χ2n) is 8.40. The van der Waals surface area contributed by atoms with Crippen molar-refractivity contribution in [3.63, 3.8) is 0 Å². The predicted octanol–water partition coefficient (Wildman–Crippen LogP) is 5.60. The highest BCUT2D eigenvalue weighted by molar-refractivity contribution is 5.86. The zero-order valence-electron chi connectivity index (χ0n) is 16.2. The molecule has 0 bridgehead atoms. The molecule has 0 N–H and O–H groups in total. The minimum atomic E-state index is 0.703. The van der Waals surface area contributed by atoms with E-state index in [0.717, 1.165) is 6.54 Å². The predicted molar refractivity (Wildman–Crippen MR) is 113 cm³/mol. The monoisotopic (exact) mass is 358 g/mol. The highest BCUT2D eigenvalue weighted by atomic mass is 15.1. The molecule has 0 saturated carbocycles. The van der Waals surface area contributed by atoms with Gasteiger partial charge in [-0.1, -0.05) is 55.0 Å². The topological polar surface area (TPSA) is 8.17 Å². The molecule has 1 fully saturated rings. The standard InChI is InChI=1S/C25H30N2/c1-3-10-20(11-4-1)18-27-23-14-6-5-13-22(23)25-21(12-9-15-24(25)27)19-26-16-7-2-8-17-26/h1,3-6,10-11,13-14,21H,2,7-9,12,15-19H2. The Balaban J connectivity index is 1.55. The molecule has 1 aliphatic carbocycles. The molecule has 0 radical (unpaired) electrons. The molecule has 2 nitrogen and oxygen atoms in total. The van der Waals surface area contributed by atoms with Crippen molar-refractivity contribution in [1.29, 1.82) is 0 Å². The van der Waals surface area contributed by atoms with E-state index >= 15 is 0 Å². The fraction of sp³-hybridized carbons (Fsp3) is 0.440. The first-order valence-corrected chi connectivity index (χ1v) is 10.8. The lowest BCUT2D eigenvalue weighted by atomic mass is 9.84. The first-order valence-electron chi connectivity index (χ1n) is 10.8. The minimum Gasteiger partial charge on any atom is -0.340 e. The fourth-order valence-corrected chi connectivity index (χ4v) is 5.35. The van der Waals surface area contributed by atoms with Crippen LogP contribution in [0.5, 0.6) is 0 Å². The lowest BCUT2D eigenvalue weighted by Crippen LogP contribution is -2.34. The summed E-state index contributed by atoms with van der Waals surface area (Å²) < 4.78 is 2.61. The van der Waals surface area contributed by atoms with Crippen molar-refractivity contribution in [2.45, 2.75) is 51.0 Å². The maximum Gasteiger partial charge on any atom is 0.0488 e. The van der Waals surface area contributed by atoms with Crippen molar-refractivity contribution in [2.24, 2.45) is 0 Å². The van der Waals surface area contributed by atoms with Gasteiger partial charge in [0, 0.05) is 29.7 Å². The molecule has 1 unspecified atom stereocenters. The van der Waals surface area contributed by atoms with Crippen molar-refractivity contribution in [1.82, 2.24) is 9.47 Å². The number of nitrogens with zero attached hydrogens (tertiary/aromatic N) is 2. The van der Waals surface area contributed by atoms with Crippen LogP contribution in [0.4, 0.5) is 0 Å². The maximum absolute atomic E-state index is 2.73. The number of hydrogen-bond donors (Lipinski definition) is 0. The van der Waals surface area contributed by atoms with Crippen molar-refractivity contribution in [3.8, 4) is 0 Å². The Morgan fingerprint density at radius 3 is 2.44 bits per heavy atom. The van der Waals surface area contributed by atoms with Crippen LogP contribution in [0, 0.1) is 0 Å². The highest BCUT2D eigenvalue weighted by Gasteiger charge is 2.29. The lowest BCUT2D eigenvalue weighted by Gasteiger charge is -2.33.